The number of thioether (sulfide) groups is 2. The molecule has 4 aliphatic rings. The molecule has 136 valence electrons. The van der Waals surface area contributed by atoms with Crippen molar-refractivity contribution in [2.75, 3.05) is 12.5 Å². The summed E-state index contributed by atoms with van der Waals surface area (Å²) >= 11 is 4.22. The van der Waals surface area contributed by atoms with Crippen LogP contribution in [0, 0.1) is 34.5 Å². The van der Waals surface area contributed by atoms with Gasteiger partial charge in [0.15, 0.2) is 0 Å². The highest BCUT2D eigenvalue weighted by Gasteiger charge is 2.61. The summed E-state index contributed by atoms with van der Waals surface area (Å²) in [6.07, 6.45) is 16.2. The molecule has 4 saturated carbocycles. The lowest BCUT2D eigenvalue weighted by Gasteiger charge is -2.61. The lowest BCUT2D eigenvalue weighted by molar-refractivity contribution is -0.138. The standard InChI is InChI=1S/C21H34OS2/c1-19-11-12-21(23-3,24-4)13-14(19)5-6-15-16-7-8-18(22)20(16,2)10-9-17(15)19/h14-17H,5-13H2,1-4H3/t14-,15-,16-,17-,19-,20-/m0/s1. The van der Waals surface area contributed by atoms with Gasteiger partial charge >= 0.3 is 0 Å². The Morgan fingerprint density at radius 3 is 2.38 bits per heavy atom. The zero-order valence-corrected chi connectivity index (χ0v) is 17.5. The largest absolute Gasteiger partial charge is 0.299 e. The first kappa shape index (κ1) is 17.8. The third kappa shape index (κ3) is 2.32. The Hall–Kier alpha value is 0.370. The van der Waals surface area contributed by atoms with Gasteiger partial charge < -0.3 is 0 Å². The van der Waals surface area contributed by atoms with Crippen LogP contribution < -0.4 is 0 Å². The summed E-state index contributed by atoms with van der Waals surface area (Å²) in [7, 11) is 0. The normalized spacial score (nSPS) is 50.1. The van der Waals surface area contributed by atoms with E-state index in [1.807, 2.05) is 0 Å². The Morgan fingerprint density at radius 2 is 1.67 bits per heavy atom. The van der Waals surface area contributed by atoms with Gasteiger partial charge in [-0.15, -0.1) is 23.5 Å². The van der Waals surface area contributed by atoms with Crippen molar-refractivity contribution in [3.8, 4) is 0 Å². The molecule has 0 spiro atoms. The van der Waals surface area contributed by atoms with Crippen LogP contribution in [-0.4, -0.2) is 22.4 Å². The molecule has 4 rings (SSSR count). The smallest absolute Gasteiger partial charge is 0.139 e. The van der Waals surface area contributed by atoms with Gasteiger partial charge in [0.05, 0.1) is 4.08 Å². The van der Waals surface area contributed by atoms with Crippen LogP contribution in [0.15, 0.2) is 0 Å². The van der Waals surface area contributed by atoms with Crippen LogP contribution in [0.25, 0.3) is 0 Å². The lowest BCUT2D eigenvalue weighted by Crippen LogP contribution is -2.55. The number of rotatable bonds is 2. The number of ketones is 1. The number of Topliss-reactive ketones (excluding diaryl/α,β-unsaturated/α-hetero) is 1. The van der Waals surface area contributed by atoms with E-state index < -0.39 is 0 Å². The molecular weight excluding hydrogens is 332 g/mol. The summed E-state index contributed by atoms with van der Waals surface area (Å²) in [5.41, 5.74) is 0.589. The molecule has 0 saturated heterocycles. The molecule has 4 aliphatic carbocycles. The number of hydrogen-bond acceptors (Lipinski definition) is 3. The van der Waals surface area contributed by atoms with E-state index in [9.17, 15) is 4.79 Å². The molecule has 0 unspecified atom stereocenters. The predicted molar refractivity (Wildman–Crippen MR) is 106 cm³/mol. The lowest BCUT2D eigenvalue weighted by atomic mass is 9.45. The Labute approximate surface area is 156 Å². The molecule has 0 aromatic rings. The topological polar surface area (TPSA) is 17.1 Å². The van der Waals surface area contributed by atoms with E-state index in [1.54, 1.807) is 0 Å². The maximum absolute atomic E-state index is 12.5. The second-order valence-electron chi connectivity index (χ2n) is 9.60. The van der Waals surface area contributed by atoms with E-state index in [2.05, 4.69) is 49.9 Å². The van der Waals surface area contributed by atoms with Crippen LogP contribution in [-0.2, 0) is 4.79 Å². The number of carbonyl (C=O) groups is 1. The summed E-state index contributed by atoms with van der Waals surface area (Å²) in [6.45, 7) is 4.95. The number of fused-ring (bicyclic) bond motifs is 5. The molecule has 4 fully saturated rings. The molecule has 6 atom stereocenters. The van der Waals surface area contributed by atoms with E-state index in [0.29, 0.717) is 21.2 Å². The van der Waals surface area contributed by atoms with Gasteiger partial charge in [0, 0.05) is 11.8 Å². The number of hydrogen-bond donors (Lipinski definition) is 0. The zero-order chi connectivity index (χ0) is 17.2. The van der Waals surface area contributed by atoms with Crippen molar-refractivity contribution >= 4 is 29.3 Å². The Bertz CT molecular complexity index is 528. The molecule has 0 amide bonds. The fourth-order valence-corrected chi connectivity index (χ4v) is 9.44. The molecule has 24 heavy (non-hydrogen) atoms. The van der Waals surface area contributed by atoms with Crippen molar-refractivity contribution < 1.29 is 4.79 Å². The van der Waals surface area contributed by atoms with Crippen LogP contribution >= 0.6 is 23.5 Å². The minimum absolute atomic E-state index is 0.0430. The van der Waals surface area contributed by atoms with Crippen molar-refractivity contribution in [2.45, 2.75) is 75.7 Å². The fourth-order valence-electron chi connectivity index (χ4n) is 7.42. The molecule has 0 aliphatic heterocycles. The zero-order valence-electron chi connectivity index (χ0n) is 15.9. The van der Waals surface area contributed by atoms with Crippen LogP contribution in [0.3, 0.4) is 0 Å². The van der Waals surface area contributed by atoms with E-state index in [1.165, 1.54) is 51.4 Å². The first-order valence-electron chi connectivity index (χ1n) is 10.0. The molecular formula is C21H34OS2. The molecule has 0 heterocycles. The maximum atomic E-state index is 12.5. The van der Waals surface area contributed by atoms with Crippen molar-refractivity contribution in [1.29, 1.82) is 0 Å². The summed E-state index contributed by atoms with van der Waals surface area (Å²) < 4.78 is 0.476. The fraction of sp³-hybridized carbons (Fsp3) is 0.952. The highest BCUT2D eigenvalue weighted by molar-refractivity contribution is 8.17. The van der Waals surface area contributed by atoms with Gasteiger partial charge in [-0.25, -0.2) is 0 Å². The van der Waals surface area contributed by atoms with Crippen molar-refractivity contribution in [2.24, 2.45) is 34.5 Å². The predicted octanol–water partition coefficient (Wildman–Crippen LogP) is 6.02. The van der Waals surface area contributed by atoms with Crippen molar-refractivity contribution in [3.63, 3.8) is 0 Å². The van der Waals surface area contributed by atoms with Crippen LogP contribution in [0.2, 0.25) is 0 Å². The first-order chi connectivity index (χ1) is 11.4. The highest BCUT2D eigenvalue weighted by atomic mass is 32.2. The van der Waals surface area contributed by atoms with Gasteiger partial charge in [-0.1, -0.05) is 13.8 Å². The molecule has 3 heteroatoms. The summed E-state index contributed by atoms with van der Waals surface area (Å²) in [5.74, 6) is 3.93. The van der Waals surface area contributed by atoms with Crippen LogP contribution in [0.1, 0.15) is 71.6 Å². The molecule has 0 bridgehead atoms. The monoisotopic (exact) mass is 366 g/mol. The minimum atomic E-state index is 0.0430. The summed E-state index contributed by atoms with van der Waals surface area (Å²) in [5, 5.41) is 0. The average molecular weight is 367 g/mol. The summed E-state index contributed by atoms with van der Waals surface area (Å²) in [4.78, 5) is 12.5. The molecule has 0 N–H and O–H groups in total. The molecule has 0 aromatic carbocycles. The van der Waals surface area contributed by atoms with Crippen molar-refractivity contribution in [1.82, 2.24) is 0 Å². The van der Waals surface area contributed by atoms with E-state index >= 15 is 0 Å². The van der Waals surface area contributed by atoms with Gasteiger partial charge in [-0.3, -0.25) is 4.79 Å². The Morgan fingerprint density at radius 1 is 0.917 bits per heavy atom. The highest BCUT2D eigenvalue weighted by Crippen LogP contribution is 2.67. The van der Waals surface area contributed by atoms with Gasteiger partial charge in [-0.2, -0.15) is 0 Å². The van der Waals surface area contributed by atoms with Gasteiger partial charge in [0.1, 0.15) is 5.78 Å². The maximum Gasteiger partial charge on any atom is 0.139 e. The first-order valence-corrected chi connectivity index (χ1v) is 12.5. The second kappa shape index (κ2) is 5.94. The molecule has 0 radical (unpaired) electrons. The van der Waals surface area contributed by atoms with E-state index in [4.69, 9.17) is 0 Å². The second-order valence-corrected chi connectivity index (χ2v) is 12.2. The van der Waals surface area contributed by atoms with Gasteiger partial charge in [0.2, 0.25) is 0 Å². The minimum Gasteiger partial charge on any atom is -0.299 e. The number of carbonyl (C=O) groups excluding carboxylic acids is 1. The Balaban J connectivity index is 1.60. The van der Waals surface area contributed by atoms with E-state index in [0.717, 1.165) is 24.2 Å². The average Bonchev–Trinajstić information content (AvgIpc) is 2.90. The van der Waals surface area contributed by atoms with Gasteiger partial charge in [0.25, 0.3) is 0 Å². The summed E-state index contributed by atoms with van der Waals surface area (Å²) in [6, 6.07) is 0. The van der Waals surface area contributed by atoms with Crippen LogP contribution in [0.5, 0.6) is 0 Å². The van der Waals surface area contributed by atoms with Gasteiger partial charge in [-0.05, 0) is 93.0 Å². The quantitative estimate of drug-likeness (QED) is 0.556. The van der Waals surface area contributed by atoms with E-state index in [-0.39, 0.29) is 5.41 Å². The SMILES string of the molecule is CSC1(SC)CC[C@@]2(C)[C@@H](CC[C@@H]3[C@@H]2CC[C@]2(C)C(=O)CC[C@@H]32)C1. The third-order valence-electron chi connectivity index (χ3n) is 9.12. The van der Waals surface area contributed by atoms with Crippen LogP contribution in [0.4, 0.5) is 0 Å². The van der Waals surface area contributed by atoms with Crippen molar-refractivity contribution in [3.05, 3.63) is 0 Å². The Kier molecular flexibility index (Phi) is 4.40. The third-order valence-corrected chi connectivity index (χ3v) is 12.3. The molecule has 1 nitrogen and oxygen atoms in total. The molecule has 0 aromatic heterocycles.